The number of carboxylic acids is 1. The van der Waals surface area contributed by atoms with Crippen molar-refractivity contribution >= 4 is 17.3 Å². The Morgan fingerprint density at radius 3 is 2.69 bits per heavy atom. The average Bonchev–Trinajstić information content (AvgIpc) is 2.81. The lowest BCUT2D eigenvalue weighted by atomic mass is 10.1. The number of hydrogen-bond acceptors (Lipinski definition) is 3. The zero-order chi connectivity index (χ0) is 11.5. The van der Waals surface area contributed by atoms with Crippen LogP contribution in [0, 0.1) is 0 Å². The molecule has 1 N–H and O–H groups in total. The minimum absolute atomic E-state index is 0.186. The van der Waals surface area contributed by atoms with Gasteiger partial charge in [0.2, 0.25) is 0 Å². The van der Waals surface area contributed by atoms with Gasteiger partial charge in [0, 0.05) is 0 Å². The van der Waals surface area contributed by atoms with Gasteiger partial charge in [-0.2, -0.15) is 11.3 Å². The van der Waals surface area contributed by atoms with Crippen molar-refractivity contribution in [1.82, 2.24) is 0 Å². The predicted octanol–water partition coefficient (Wildman–Crippen LogP) is 3.12. The monoisotopic (exact) mass is 234 g/mol. The van der Waals surface area contributed by atoms with Gasteiger partial charge in [0.1, 0.15) is 11.3 Å². The summed E-state index contributed by atoms with van der Waals surface area (Å²) in [4.78, 5) is 11.0. The quantitative estimate of drug-likeness (QED) is 0.887. The third-order valence-electron chi connectivity index (χ3n) is 2.28. The van der Waals surface area contributed by atoms with Crippen LogP contribution in [0.1, 0.15) is 10.4 Å². The summed E-state index contributed by atoms with van der Waals surface area (Å²) >= 11 is 1.58. The first-order valence-corrected chi connectivity index (χ1v) is 5.60. The van der Waals surface area contributed by atoms with Crippen molar-refractivity contribution in [2.45, 2.75) is 0 Å². The molecule has 0 spiro atoms. The fourth-order valence-corrected chi connectivity index (χ4v) is 2.15. The Balaban J connectivity index is 2.51. The fourth-order valence-electron chi connectivity index (χ4n) is 1.48. The van der Waals surface area contributed by atoms with E-state index in [2.05, 4.69) is 0 Å². The van der Waals surface area contributed by atoms with Crippen LogP contribution in [0.2, 0.25) is 0 Å². The summed E-state index contributed by atoms with van der Waals surface area (Å²) in [6, 6.07) is 7.12. The van der Waals surface area contributed by atoms with E-state index in [-0.39, 0.29) is 5.56 Å². The van der Waals surface area contributed by atoms with Crippen molar-refractivity contribution in [3.8, 4) is 16.9 Å². The van der Waals surface area contributed by atoms with Gasteiger partial charge in [-0.05, 0) is 40.1 Å². The van der Waals surface area contributed by atoms with Crippen LogP contribution >= 0.6 is 11.3 Å². The smallest absolute Gasteiger partial charge is 0.339 e. The van der Waals surface area contributed by atoms with Crippen LogP contribution in [-0.4, -0.2) is 18.2 Å². The molecule has 0 bridgehead atoms. The van der Waals surface area contributed by atoms with E-state index in [9.17, 15) is 4.79 Å². The molecule has 4 heteroatoms. The zero-order valence-electron chi connectivity index (χ0n) is 8.64. The Labute approximate surface area is 96.9 Å². The van der Waals surface area contributed by atoms with Gasteiger partial charge in [-0.15, -0.1) is 0 Å². The second-order valence-electron chi connectivity index (χ2n) is 3.23. The maximum Gasteiger partial charge on any atom is 0.339 e. The Hall–Kier alpha value is -1.81. The first-order valence-electron chi connectivity index (χ1n) is 4.66. The minimum atomic E-state index is -0.978. The number of benzene rings is 1. The van der Waals surface area contributed by atoms with Crippen LogP contribution < -0.4 is 4.74 Å². The van der Waals surface area contributed by atoms with Gasteiger partial charge in [0.05, 0.1) is 7.11 Å². The SMILES string of the molecule is COc1ccc(-c2ccsc2)cc1C(=O)O. The number of thiophene rings is 1. The molecule has 0 amide bonds. The van der Waals surface area contributed by atoms with Crippen LogP contribution in [0.3, 0.4) is 0 Å². The van der Waals surface area contributed by atoms with Crippen molar-refractivity contribution < 1.29 is 14.6 Å². The highest BCUT2D eigenvalue weighted by atomic mass is 32.1. The van der Waals surface area contributed by atoms with Crippen molar-refractivity contribution in [2.24, 2.45) is 0 Å². The van der Waals surface area contributed by atoms with Gasteiger partial charge in [0.25, 0.3) is 0 Å². The molecule has 0 unspecified atom stereocenters. The molecule has 82 valence electrons. The number of rotatable bonds is 3. The molecule has 2 rings (SSSR count). The maximum atomic E-state index is 11.0. The molecule has 1 aromatic heterocycles. The molecule has 0 aliphatic rings. The van der Waals surface area contributed by atoms with E-state index in [0.29, 0.717) is 5.75 Å². The van der Waals surface area contributed by atoms with Gasteiger partial charge >= 0.3 is 5.97 Å². The predicted molar refractivity (Wildman–Crippen MR) is 63.3 cm³/mol. The second-order valence-corrected chi connectivity index (χ2v) is 4.01. The highest BCUT2D eigenvalue weighted by Crippen LogP contribution is 2.27. The lowest BCUT2D eigenvalue weighted by molar-refractivity contribution is 0.0693. The number of carbonyl (C=O) groups is 1. The molecular weight excluding hydrogens is 224 g/mol. The lowest BCUT2D eigenvalue weighted by Crippen LogP contribution is -2.00. The minimum Gasteiger partial charge on any atom is -0.496 e. The average molecular weight is 234 g/mol. The molecule has 0 aliphatic carbocycles. The van der Waals surface area contributed by atoms with Crippen LogP contribution in [0.15, 0.2) is 35.0 Å². The first-order chi connectivity index (χ1) is 7.72. The molecular formula is C12H10O3S. The standard InChI is InChI=1S/C12H10O3S/c1-15-11-3-2-8(6-10(11)12(13)14)9-4-5-16-7-9/h2-7H,1H3,(H,13,14). The van der Waals surface area contributed by atoms with E-state index in [1.54, 1.807) is 23.5 Å². The molecule has 0 fully saturated rings. The molecule has 0 saturated carbocycles. The van der Waals surface area contributed by atoms with Crippen LogP contribution in [0.5, 0.6) is 5.75 Å². The van der Waals surface area contributed by atoms with E-state index in [1.165, 1.54) is 7.11 Å². The van der Waals surface area contributed by atoms with Crippen LogP contribution in [-0.2, 0) is 0 Å². The highest BCUT2D eigenvalue weighted by molar-refractivity contribution is 7.08. The van der Waals surface area contributed by atoms with E-state index in [4.69, 9.17) is 9.84 Å². The summed E-state index contributed by atoms with van der Waals surface area (Å²) in [6.45, 7) is 0. The van der Waals surface area contributed by atoms with E-state index >= 15 is 0 Å². The number of hydrogen-bond donors (Lipinski definition) is 1. The van der Waals surface area contributed by atoms with E-state index in [1.807, 2.05) is 22.9 Å². The number of carboxylic acid groups (broad SMARTS) is 1. The molecule has 0 atom stereocenters. The summed E-state index contributed by atoms with van der Waals surface area (Å²) in [7, 11) is 1.46. The number of aromatic carboxylic acids is 1. The molecule has 1 heterocycles. The van der Waals surface area contributed by atoms with Gasteiger partial charge in [-0.3, -0.25) is 0 Å². The number of ether oxygens (including phenoxy) is 1. The Morgan fingerprint density at radius 2 is 2.12 bits per heavy atom. The Bertz CT molecular complexity index is 503. The maximum absolute atomic E-state index is 11.0. The topological polar surface area (TPSA) is 46.5 Å². The van der Waals surface area contributed by atoms with Gasteiger partial charge in [0.15, 0.2) is 0 Å². The number of methoxy groups -OCH3 is 1. The highest BCUT2D eigenvalue weighted by Gasteiger charge is 2.12. The third kappa shape index (κ3) is 1.92. The van der Waals surface area contributed by atoms with Crippen molar-refractivity contribution in [3.63, 3.8) is 0 Å². The van der Waals surface area contributed by atoms with Crippen LogP contribution in [0.4, 0.5) is 0 Å². The lowest BCUT2D eigenvalue weighted by Gasteiger charge is -2.06. The second kappa shape index (κ2) is 4.37. The Morgan fingerprint density at radius 1 is 1.31 bits per heavy atom. The molecule has 3 nitrogen and oxygen atoms in total. The summed E-state index contributed by atoms with van der Waals surface area (Å²) < 4.78 is 5.00. The third-order valence-corrected chi connectivity index (χ3v) is 2.97. The first kappa shape index (κ1) is 10.7. The molecule has 0 radical (unpaired) electrons. The summed E-state index contributed by atoms with van der Waals surface area (Å²) in [5, 5.41) is 13.0. The van der Waals surface area contributed by atoms with Gasteiger partial charge in [-0.25, -0.2) is 4.79 Å². The molecule has 16 heavy (non-hydrogen) atoms. The van der Waals surface area contributed by atoms with Crippen LogP contribution in [0.25, 0.3) is 11.1 Å². The van der Waals surface area contributed by atoms with E-state index < -0.39 is 5.97 Å². The van der Waals surface area contributed by atoms with Crippen molar-refractivity contribution in [1.29, 1.82) is 0 Å². The van der Waals surface area contributed by atoms with Gasteiger partial charge < -0.3 is 9.84 Å². The van der Waals surface area contributed by atoms with Gasteiger partial charge in [-0.1, -0.05) is 6.07 Å². The molecule has 2 aromatic rings. The molecule has 0 aliphatic heterocycles. The summed E-state index contributed by atoms with van der Waals surface area (Å²) in [5.41, 5.74) is 2.10. The zero-order valence-corrected chi connectivity index (χ0v) is 9.45. The van der Waals surface area contributed by atoms with Crippen molar-refractivity contribution in [2.75, 3.05) is 7.11 Å². The molecule has 0 saturated heterocycles. The normalized spacial score (nSPS) is 10.1. The largest absolute Gasteiger partial charge is 0.496 e. The van der Waals surface area contributed by atoms with E-state index in [0.717, 1.165) is 11.1 Å². The van der Waals surface area contributed by atoms with Crippen molar-refractivity contribution in [3.05, 3.63) is 40.6 Å². The Kier molecular flexibility index (Phi) is 2.92. The molecule has 1 aromatic carbocycles. The summed E-state index contributed by atoms with van der Waals surface area (Å²) in [5.74, 6) is -0.597. The fraction of sp³-hybridized carbons (Fsp3) is 0.0833. The summed E-state index contributed by atoms with van der Waals surface area (Å²) in [6.07, 6.45) is 0.